The molecule has 0 spiro atoms. The number of carbonyl (C=O) groups is 2. The Kier molecular flexibility index (Phi) is 6.86. The highest BCUT2D eigenvalue weighted by Crippen LogP contribution is 2.36. The fraction of sp³-hybridized carbons (Fsp3) is 0.263. The van der Waals surface area contributed by atoms with Crippen LogP contribution in [0.4, 0.5) is 5.69 Å². The predicted octanol–water partition coefficient (Wildman–Crippen LogP) is 3.75. The molecule has 0 aliphatic heterocycles. The Hall–Kier alpha value is -2.73. The first kappa shape index (κ1) is 19.6. The number of halogens is 1. The summed E-state index contributed by atoms with van der Waals surface area (Å²) in [6.07, 6.45) is 0.827. The summed E-state index contributed by atoms with van der Waals surface area (Å²) >= 11 is 6.24. The number of benzene rings is 2. The Labute approximate surface area is 157 Å². The molecule has 2 amide bonds. The molecule has 0 unspecified atom stereocenters. The quantitative estimate of drug-likeness (QED) is 0.771. The summed E-state index contributed by atoms with van der Waals surface area (Å²) in [6, 6.07) is 9.67. The fourth-order valence-electron chi connectivity index (χ4n) is 2.25. The standard InChI is InChI=1S/C19H21ClN2O4/c1-4-9-26-17-15(20)10-13(11-16(17)25-3)19(24)22-14-7-5-12(6-8-14)18(23)21-2/h5-8,10-11H,4,9H2,1-3H3,(H,21,23)(H,22,24). The van der Waals surface area contributed by atoms with Crippen molar-refractivity contribution in [3.8, 4) is 11.5 Å². The molecule has 0 fully saturated rings. The van der Waals surface area contributed by atoms with Crippen molar-refractivity contribution in [3.63, 3.8) is 0 Å². The minimum Gasteiger partial charge on any atom is -0.493 e. The van der Waals surface area contributed by atoms with Crippen LogP contribution in [0.5, 0.6) is 11.5 Å². The highest BCUT2D eigenvalue weighted by Gasteiger charge is 2.16. The Balaban J connectivity index is 2.18. The molecular weight excluding hydrogens is 356 g/mol. The van der Waals surface area contributed by atoms with Gasteiger partial charge in [-0.3, -0.25) is 9.59 Å². The summed E-state index contributed by atoms with van der Waals surface area (Å²) in [6.45, 7) is 2.48. The largest absolute Gasteiger partial charge is 0.493 e. The molecular formula is C19H21ClN2O4. The van der Waals surface area contributed by atoms with E-state index < -0.39 is 0 Å². The average Bonchev–Trinajstić information content (AvgIpc) is 2.66. The number of nitrogens with one attached hydrogen (secondary N) is 2. The first-order valence-electron chi connectivity index (χ1n) is 8.14. The van der Waals surface area contributed by atoms with Gasteiger partial charge < -0.3 is 20.1 Å². The second-order valence-electron chi connectivity index (χ2n) is 5.45. The molecule has 0 saturated carbocycles. The van der Waals surface area contributed by atoms with Gasteiger partial charge in [-0.05, 0) is 42.8 Å². The molecule has 0 heterocycles. The van der Waals surface area contributed by atoms with Gasteiger partial charge in [-0.1, -0.05) is 18.5 Å². The predicted molar refractivity (Wildman–Crippen MR) is 102 cm³/mol. The minimum atomic E-state index is -0.347. The summed E-state index contributed by atoms with van der Waals surface area (Å²) in [5.41, 5.74) is 1.41. The molecule has 6 nitrogen and oxygen atoms in total. The van der Waals surface area contributed by atoms with Crippen LogP contribution >= 0.6 is 11.6 Å². The normalized spacial score (nSPS) is 10.2. The van der Waals surface area contributed by atoms with Crippen molar-refractivity contribution < 1.29 is 19.1 Å². The van der Waals surface area contributed by atoms with E-state index in [9.17, 15) is 9.59 Å². The van der Waals surface area contributed by atoms with Crippen molar-refractivity contribution in [1.82, 2.24) is 5.32 Å². The first-order valence-corrected chi connectivity index (χ1v) is 8.51. The zero-order valence-electron chi connectivity index (χ0n) is 14.9. The molecule has 0 aromatic heterocycles. The first-order chi connectivity index (χ1) is 12.5. The summed E-state index contributed by atoms with van der Waals surface area (Å²) in [5.74, 6) is 0.274. The number of ether oxygens (including phenoxy) is 2. The fourth-order valence-corrected chi connectivity index (χ4v) is 2.51. The van der Waals surface area contributed by atoms with E-state index in [1.807, 2.05) is 6.92 Å². The van der Waals surface area contributed by atoms with Crippen molar-refractivity contribution in [2.24, 2.45) is 0 Å². The lowest BCUT2D eigenvalue weighted by Crippen LogP contribution is -2.18. The van der Waals surface area contributed by atoms with Crippen LogP contribution in [0.3, 0.4) is 0 Å². The lowest BCUT2D eigenvalue weighted by atomic mass is 10.1. The van der Waals surface area contributed by atoms with Crippen LogP contribution in [-0.4, -0.2) is 32.6 Å². The molecule has 2 aromatic carbocycles. The van der Waals surface area contributed by atoms with Crippen molar-refractivity contribution in [2.45, 2.75) is 13.3 Å². The molecule has 2 N–H and O–H groups in total. The maximum atomic E-state index is 12.5. The number of carbonyl (C=O) groups excluding carboxylic acids is 2. The minimum absolute atomic E-state index is 0.193. The van der Waals surface area contributed by atoms with Gasteiger partial charge in [-0.2, -0.15) is 0 Å². The van der Waals surface area contributed by atoms with Gasteiger partial charge in [0.15, 0.2) is 11.5 Å². The van der Waals surface area contributed by atoms with Gasteiger partial charge in [-0.15, -0.1) is 0 Å². The molecule has 26 heavy (non-hydrogen) atoms. The van der Waals surface area contributed by atoms with Crippen molar-refractivity contribution in [2.75, 3.05) is 26.1 Å². The van der Waals surface area contributed by atoms with Crippen molar-refractivity contribution >= 4 is 29.1 Å². The second kappa shape index (κ2) is 9.10. The van der Waals surface area contributed by atoms with Gasteiger partial charge in [0.1, 0.15) is 0 Å². The van der Waals surface area contributed by atoms with E-state index in [-0.39, 0.29) is 11.8 Å². The van der Waals surface area contributed by atoms with Crippen LogP contribution < -0.4 is 20.1 Å². The second-order valence-corrected chi connectivity index (χ2v) is 5.86. The molecule has 2 aromatic rings. The smallest absolute Gasteiger partial charge is 0.255 e. The number of amides is 2. The van der Waals surface area contributed by atoms with Crippen LogP contribution in [0, 0.1) is 0 Å². The van der Waals surface area contributed by atoms with Crippen LogP contribution in [0.15, 0.2) is 36.4 Å². The van der Waals surface area contributed by atoms with Gasteiger partial charge in [0.2, 0.25) is 0 Å². The Morgan fingerprint density at radius 1 is 1.08 bits per heavy atom. The Morgan fingerprint density at radius 2 is 1.77 bits per heavy atom. The van der Waals surface area contributed by atoms with Crippen molar-refractivity contribution in [1.29, 1.82) is 0 Å². The summed E-state index contributed by atoms with van der Waals surface area (Å²) in [7, 11) is 3.05. The maximum absolute atomic E-state index is 12.5. The van der Waals surface area contributed by atoms with Crippen molar-refractivity contribution in [3.05, 3.63) is 52.5 Å². The molecule has 0 saturated heterocycles. The maximum Gasteiger partial charge on any atom is 0.255 e. The molecule has 0 aliphatic rings. The number of methoxy groups -OCH3 is 1. The lowest BCUT2D eigenvalue weighted by Gasteiger charge is -2.14. The molecule has 0 atom stereocenters. The molecule has 7 heteroatoms. The molecule has 0 radical (unpaired) electrons. The third-order valence-electron chi connectivity index (χ3n) is 3.57. The van der Waals surface area contributed by atoms with Gasteiger partial charge in [0, 0.05) is 23.9 Å². The van der Waals surface area contributed by atoms with Gasteiger partial charge in [-0.25, -0.2) is 0 Å². The monoisotopic (exact) mass is 376 g/mol. The van der Waals surface area contributed by atoms with E-state index in [2.05, 4.69) is 10.6 Å². The third-order valence-corrected chi connectivity index (χ3v) is 3.85. The van der Waals surface area contributed by atoms with E-state index in [4.69, 9.17) is 21.1 Å². The highest BCUT2D eigenvalue weighted by atomic mass is 35.5. The number of hydrogen-bond donors (Lipinski definition) is 2. The summed E-state index contributed by atoms with van der Waals surface area (Å²) in [4.78, 5) is 24.0. The van der Waals surface area contributed by atoms with Gasteiger partial charge >= 0.3 is 0 Å². The molecule has 2 rings (SSSR count). The molecule has 138 valence electrons. The van der Waals surface area contributed by atoms with Crippen LogP contribution in [0.1, 0.15) is 34.1 Å². The number of rotatable bonds is 7. The van der Waals surface area contributed by atoms with E-state index in [0.29, 0.717) is 39.9 Å². The molecule has 0 bridgehead atoms. The van der Waals surface area contributed by atoms with Crippen LogP contribution in [-0.2, 0) is 0 Å². The topological polar surface area (TPSA) is 76.7 Å². The van der Waals surface area contributed by atoms with E-state index in [1.54, 1.807) is 37.4 Å². The van der Waals surface area contributed by atoms with E-state index >= 15 is 0 Å². The van der Waals surface area contributed by atoms with Gasteiger partial charge in [0.25, 0.3) is 11.8 Å². The zero-order chi connectivity index (χ0) is 19.1. The Bertz CT molecular complexity index is 791. The number of anilines is 1. The van der Waals surface area contributed by atoms with E-state index in [0.717, 1.165) is 6.42 Å². The Morgan fingerprint density at radius 3 is 2.35 bits per heavy atom. The highest BCUT2D eigenvalue weighted by molar-refractivity contribution is 6.32. The molecule has 0 aliphatic carbocycles. The van der Waals surface area contributed by atoms with Crippen LogP contribution in [0.2, 0.25) is 5.02 Å². The third kappa shape index (κ3) is 4.67. The zero-order valence-corrected chi connectivity index (χ0v) is 15.6. The lowest BCUT2D eigenvalue weighted by molar-refractivity contribution is 0.0962. The van der Waals surface area contributed by atoms with Gasteiger partial charge in [0.05, 0.1) is 18.7 Å². The summed E-state index contributed by atoms with van der Waals surface area (Å²) < 4.78 is 10.9. The SMILES string of the molecule is CCCOc1c(Cl)cc(C(=O)Nc2ccc(C(=O)NC)cc2)cc1OC. The number of hydrogen-bond acceptors (Lipinski definition) is 4. The summed E-state index contributed by atoms with van der Waals surface area (Å²) in [5, 5.41) is 5.60. The van der Waals surface area contributed by atoms with Crippen LogP contribution in [0.25, 0.3) is 0 Å². The average molecular weight is 377 g/mol. The van der Waals surface area contributed by atoms with E-state index in [1.165, 1.54) is 13.2 Å².